The molecule has 2 aromatic rings. The summed E-state index contributed by atoms with van der Waals surface area (Å²) >= 11 is 0. The van der Waals surface area contributed by atoms with Crippen molar-refractivity contribution in [3.8, 4) is 11.5 Å². The molecule has 3 rings (SSSR count). The first-order chi connectivity index (χ1) is 14.2. The van der Waals surface area contributed by atoms with E-state index in [0.717, 1.165) is 30.6 Å². The Balaban J connectivity index is 0.00000320. The summed E-state index contributed by atoms with van der Waals surface area (Å²) in [5.74, 6) is 2.27. The van der Waals surface area contributed by atoms with E-state index in [1.807, 2.05) is 55.6 Å². The molecule has 0 radical (unpaired) electrons. The Hall–Kier alpha value is -2.24. The van der Waals surface area contributed by atoms with Crippen LogP contribution in [0.2, 0.25) is 0 Å². The minimum absolute atomic E-state index is 0. The summed E-state index contributed by atoms with van der Waals surface area (Å²) in [4.78, 5) is 14.3. The number of amides is 1. The largest absolute Gasteiger partial charge is 0.493 e. The lowest BCUT2D eigenvalue weighted by Gasteiger charge is -2.24. The molecule has 30 heavy (non-hydrogen) atoms. The van der Waals surface area contributed by atoms with Crippen LogP contribution >= 0.6 is 12.4 Å². The summed E-state index contributed by atoms with van der Waals surface area (Å²) in [5.41, 5.74) is 2.14. The van der Waals surface area contributed by atoms with Crippen molar-refractivity contribution >= 4 is 18.3 Å². The highest BCUT2D eigenvalue weighted by Gasteiger charge is 2.17. The van der Waals surface area contributed by atoms with Crippen LogP contribution in [0.4, 0.5) is 0 Å². The van der Waals surface area contributed by atoms with E-state index in [4.69, 9.17) is 9.47 Å². The molecular formula is C24H33ClN2O3. The summed E-state index contributed by atoms with van der Waals surface area (Å²) in [6.07, 6.45) is 3.97. The number of hydrogen-bond acceptors (Lipinski definition) is 4. The van der Waals surface area contributed by atoms with Crippen LogP contribution in [0.15, 0.2) is 48.5 Å². The van der Waals surface area contributed by atoms with E-state index < -0.39 is 0 Å². The molecule has 0 atom stereocenters. The Morgan fingerprint density at radius 2 is 1.80 bits per heavy atom. The molecule has 1 amide bonds. The number of carbonyl (C=O) groups excluding carboxylic acids is 1. The van der Waals surface area contributed by atoms with Crippen molar-refractivity contribution in [3.63, 3.8) is 0 Å². The second kappa shape index (κ2) is 12.5. The van der Waals surface area contributed by atoms with Gasteiger partial charge in [-0.3, -0.25) is 4.79 Å². The molecule has 2 aromatic carbocycles. The fraction of sp³-hybridized carbons (Fsp3) is 0.458. The highest BCUT2D eigenvalue weighted by molar-refractivity contribution is 5.85. The van der Waals surface area contributed by atoms with Crippen molar-refractivity contribution < 1.29 is 14.3 Å². The molecule has 1 heterocycles. The van der Waals surface area contributed by atoms with E-state index in [0.29, 0.717) is 37.0 Å². The van der Waals surface area contributed by atoms with Crippen molar-refractivity contribution in [3.05, 3.63) is 59.7 Å². The van der Waals surface area contributed by atoms with Crippen LogP contribution in [-0.4, -0.2) is 38.1 Å². The number of halogens is 1. The summed E-state index contributed by atoms with van der Waals surface area (Å²) in [5, 5.41) is 3.37. The van der Waals surface area contributed by atoms with Gasteiger partial charge in [0.2, 0.25) is 5.91 Å². The average molecular weight is 433 g/mol. The molecular weight excluding hydrogens is 400 g/mol. The van der Waals surface area contributed by atoms with Gasteiger partial charge in [-0.15, -0.1) is 12.4 Å². The maximum absolute atomic E-state index is 12.5. The Labute approximate surface area is 186 Å². The van der Waals surface area contributed by atoms with Crippen LogP contribution in [0.1, 0.15) is 36.8 Å². The normalized spacial score (nSPS) is 13.9. The van der Waals surface area contributed by atoms with Gasteiger partial charge in [0.1, 0.15) is 6.61 Å². The predicted molar refractivity (Wildman–Crippen MR) is 122 cm³/mol. The zero-order valence-electron chi connectivity index (χ0n) is 17.9. The van der Waals surface area contributed by atoms with Gasteiger partial charge in [-0.1, -0.05) is 36.4 Å². The lowest BCUT2D eigenvalue weighted by molar-refractivity contribution is -0.130. The molecule has 0 unspecified atom stereocenters. The van der Waals surface area contributed by atoms with Crippen molar-refractivity contribution in [2.45, 2.75) is 38.8 Å². The number of methoxy groups -OCH3 is 1. The minimum Gasteiger partial charge on any atom is -0.493 e. The molecule has 6 heteroatoms. The minimum atomic E-state index is 0. The van der Waals surface area contributed by atoms with Gasteiger partial charge in [0.25, 0.3) is 0 Å². The zero-order chi connectivity index (χ0) is 20.5. The van der Waals surface area contributed by atoms with Gasteiger partial charge >= 0.3 is 0 Å². The standard InChI is InChI=1S/C24H32N2O3.ClH/c1-26(24(27)11-9-19-12-14-25-15-13-19)17-21-8-10-22(23(16-21)28-2)29-18-20-6-4-3-5-7-20;/h3-8,10,16,19,25H,9,11-15,17-18H2,1-2H3;1H. The Bertz CT molecular complexity index is 779. The second-order valence-electron chi connectivity index (χ2n) is 7.74. The van der Waals surface area contributed by atoms with Crippen LogP contribution in [0.3, 0.4) is 0 Å². The number of carbonyl (C=O) groups is 1. The van der Waals surface area contributed by atoms with E-state index in [1.54, 1.807) is 12.0 Å². The highest BCUT2D eigenvalue weighted by atomic mass is 35.5. The molecule has 0 saturated carbocycles. The van der Waals surface area contributed by atoms with Crippen LogP contribution in [0, 0.1) is 5.92 Å². The second-order valence-corrected chi connectivity index (χ2v) is 7.74. The highest BCUT2D eigenvalue weighted by Crippen LogP contribution is 2.29. The summed E-state index contributed by atoms with van der Waals surface area (Å²) < 4.78 is 11.4. The molecule has 1 saturated heterocycles. The molecule has 5 nitrogen and oxygen atoms in total. The van der Waals surface area contributed by atoms with Gasteiger partial charge in [-0.2, -0.15) is 0 Å². The number of benzene rings is 2. The molecule has 0 aromatic heterocycles. The first kappa shape index (κ1) is 24.0. The molecule has 0 spiro atoms. The smallest absolute Gasteiger partial charge is 0.222 e. The summed E-state index contributed by atoms with van der Waals surface area (Å²) in [6, 6.07) is 15.9. The molecule has 1 aliphatic heterocycles. The quantitative estimate of drug-likeness (QED) is 0.636. The summed E-state index contributed by atoms with van der Waals surface area (Å²) in [7, 11) is 3.51. The summed E-state index contributed by atoms with van der Waals surface area (Å²) in [6.45, 7) is 3.21. The molecule has 1 N–H and O–H groups in total. The number of piperidine rings is 1. The third-order valence-electron chi connectivity index (χ3n) is 5.54. The Kier molecular flexibility index (Phi) is 9.98. The van der Waals surface area contributed by atoms with Gasteiger partial charge in [0, 0.05) is 20.0 Å². The fourth-order valence-corrected chi connectivity index (χ4v) is 3.72. The van der Waals surface area contributed by atoms with E-state index >= 15 is 0 Å². The zero-order valence-corrected chi connectivity index (χ0v) is 18.7. The maximum atomic E-state index is 12.5. The van der Waals surface area contributed by atoms with Gasteiger partial charge in [-0.25, -0.2) is 0 Å². The SMILES string of the molecule is COc1cc(CN(C)C(=O)CCC2CCNCC2)ccc1OCc1ccccc1.Cl. The van der Waals surface area contributed by atoms with E-state index in [9.17, 15) is 4.79 Å². The first-order valence-electron chi connectivity index (χ1n) is 10.4. The number of hydrogen-bond donors (Lipinski definition) is 1. The number of nitrogens with zero attached hydrogens (tertiary/aromatic N) is 1. The number of rotatable bonds is 9. The van der Waals surface area contributed by atoms with Gasteiger partial charge in [0.15, 0.2) is 11.5 Å². The third-order valence-corrected chi connectivity index (χ3v) is 5.54. The molecule has 0 aliphatic carbocycles. The van der Waals surface area contributed by atoms with Crippen LogP contribution < -0.4 is 14.8 Å². The number of nitrogens with one attached hydrogen (secondary N) is 1. The van der Waals surface area contributed by atoms with Crippen molar-refractivity contribution in [1.29, 1.82) is 0 Å². The van der Waals surface area contributed by atoms with Gasteiger partial charge < -0.3 is 19.7 Å². The molecule has 1 aliphatic rings. The maximum Gasteiger partial charge on any atom is 0.222 e. The van der Waals surface area contributed by atoms with E-state index in [1.165, 1.54) is 12.8 Å². The van der Waals surface area contributed by atoms with Crippen molar-refractivity contribution in [2.75, 3.05) is 27.2 Å². The third kappa shape index (κ3) is 7.22. The first-order valence-corrected chi connectivity index (χ1v) is 10.4. The Morgan fingerprint density at radius 1 is 1.07 bits per heavy atom. The van der Waals surface area contributed by atoms with E-state index in [2.05, 4.69) is 5.32 Å². The fourth-order valence-electron chi connectivity index (χ4n) is 3.72. The van der Waals surface area contributed by atoms with Crippen molar-refractivity contribution in [1.82, 2.24) is 10.2 Å². The monoisotopic (exact) mass is 432 g/mol. The van der Waals surface area contributed by atoms with Crippen LogP contribution in [0.5, 0.6) is 11.5 Å². The predicted octanol–water partition coefficient (Wildman–Crippen LogP) is 4.43. The van der Waals surface area contributed by atoms with Crippen molar-refractivity contribution in [2.24, 2.45) is 5.92 Å². The average Bonchev–Trinajstić information content (AvgIpc) is 2.77. The number of ether oxygens (including phenoxy) is 2. The lowest BCUT2D eigenvalue weighted by atomic mass is 9.93. The van der Waals surface area contributed by atoms with E-state index in [-0.39, 0.29) is 18.3 Å². The molecule has 1 fully saturated rings. The van der Waals surface area contributed by atoms with Crippen LogP contribution in [-0.2, 0) is 17.9 Å². The molecule has 164 valence electrons. The Morgan fingerprint density at radius 3 is 2.50 bits per heavy atom. The topological polar surface area (TPSA) is 50.8 Å². The lowest BCUT2D eigenvalue weighted by Crippen LogP contribution is -2.30. The molecule has 0 bridgehead atoms. The van der Waals surface area contributed by atoms with Gasteiger partial charge in [0.05, 0.1) is 7.11 Å². The van der Waals surface area contributed by atoms with Crippen LogP contribution in [0.25, 0.3) is 0 Å². The van der Waals surface area contributed by atoms with Gasteiger partial charge in [-0.05, 0) is 61.5 Å².